The number of nitrogens with zero attached hydrogens (tertiary/aromatic N) is 4. The minimum absolute atomic E-state index is 0.241. The Labute approximate surface area is 147 Å². The number of morpholine rings is 1. The van der Waals surface area contributed by atoms with E-state index in [0.29, 0.717) is 6.54 Å². The minimum atomic E-state index is 0.241. The summed E-state index contributed by atoms with van der Waals surface area (Å²) in [5.74, 6) is 0. The van der Waals surface area contributed by atoms with Crippen molar-refractivity contribution in [3.8, 4) is 11.1 Å². The Hall–Kier alpha value is -2.28. The highest BCUT2D eigenvalue weighted by Gasteiger charge is 2.20. The summed E-state index contributed by atoms with van der Waals surface area (Å²) < 4.78 is 7.62. The topological polar surface area (TPSA) is 68.7 Å². The summed E-state index contributed by atoms with van der Waals surface area (Å²) in [5.41, 5.74) is 9.88. The second-order valence-corrected chi connectivity index (χ2v) is 6.46. The molecule has 1 aliphatic rings. The molecule has 1 aliphatic heterocycles. The molecule has 0 aliphatic carbocycles. The van der Waals surface area contributed by atoms with Crippen molar-refractivity contribution >= 4 is 5.65 Å². The van der Waals surface area contributed by atoms with Gasteiger partial charge in [0.2, 0.25) is 0 Å². The molecule has 6 nitrogen and oxygen atoms in total. The van der Waals surface area contributed by atoms with Crippen LogP contribution in [-0.4, -0.2) is 51.8 Å². The summed E-state index contributed by atoms with van der Waals surface area (Å²) >= 11 is 0. The predicted octanol–water partition coefficient (Wildman–Crippen LogP) is 1.95. The maximum Gasteiger partial charge on any atom is 0.162 e. The normalized spacial score (nSPS) is 18.7. The van der Waals surface area contributed by atoms with Gasteiger partial charge in [-0.05, 0) is 18.5 Å². The molecule has 4 rings (SSSR count). The number of rotatable bonds is 5. The molecule has 130 valence electrons. The lowest BCUT2D eigenvalue weighted by atomic mass is 10.1. The van der Waals surface area contributed by atoms with E-state index in [4.69, 9.17) is 10.5 Å². The smallest absolute Gasteiger partial charge is 0.162 e. The first kappa shape index (κ1) is 16.2. The van der Waals surface area contributed by atoms with E-state index in [0.717, 1.165) is 55.0 Å². The Morgan fingerprint density at radius 3 is 2.92 bits per heavy atom. The average Bonchev–Trinajstić information content (AvgIpc) is 3.06. The summed E-state index contributed by atoms with van der Waals surface area (Å²) in [6.45, 7) is 4.15. The Morgan fingerprint density at radius 2 is 2.08 bits per heavy atom. The zero-order valence-corrected chi connectivity index (χ0v) is 14.2. The van der Waals surface area contributed by atoms with Crippen molar-refractivity contribution in [1.29, 1.82) is 0 Å². The first-order chi connectivity index (χ1) is 12.3. The molecule has 0 radical (unpaired) electrons. The monoisotopic (exact) mass is 337 g/mol. The number of aromatic nitrogens is 3. The van der Waals surface area contributed by atoms with E-state index in [2.05, 4.69) is 33.3 Å². The van der Waals surface area contributed by atoms with Crippen molar-refractivity contribution in [3.05, 3.63) is 54.5 Å². The van der Waals surface area contributed by atoms with Gasteiger partial charge in [0.1, 0.15) is 0 Å². The van der Waals surface area contributed by atoms with Crippen molar-refractivity contribution in [2.75, 3.05) is 26.2 Å². The molecular formula is C19H23N5O. The van der Waals surface area contributed by atoms with E-state index in [9.17, 15) is 0 Å². The van der Waals surface area contributed by atoms with Gasteiger partial charge in [-0.3, -0.25) is 4.90 Å². The Balaban J connectivity index is 1.52. The van der Waals surface area contributed by atoms with Crippen LogP contribution in [0.3, 0.4) is 0 Å². The maximum atomic E-state index is 5.75. The zero-order valence-electron chi connectivity index (χ0n) is 14.2. The van der Waals surface area contributed by atoms with Crippen molar-refractivity contribution in [2.45, 2.75) is 19.1 Å². The molecule has 1 fully saturated rings. The van der Waals surface area contributed by atoms with E-state index in [1.54, 1.807) is 0 Å². The fraction of sp³-hybridized carbons (Fsp3) is 0.368. The summed E-state index contributed by atoms with van der Waals surface area (Å²) in [4.78, 5) is 7.06. The molecule has 0 unspecified atom stereocenters. The minimum Gasteiger partial charge on any atom is -0.376 e. The van der Waals surface area contributed by atoms with Gasteiger partial charge in [0.05, 0.1) is 18.9 Å². The van der Waals surface area contributed by atoms with Gasteiger partial charge in [-0.1, -0.05) is 30.3 Å². The fourth-order valence-corrected chi connectivity index (χ4v) is 3.36. The highest BCUT2D eigenvalue weighted by Crippen LogP contribution is 2.23. The fourth-order valence-electron chi connectivity index (χ4n) is 3.36. The molecule has 0 spiro atoms. The van der Waals surface area contributed by atoms with Gasteiger partial charge in [0.15, 0.2) is 5.65 Å². The third-order valence-corrected chi connectivity index (χ3v) is 4.61. The Bertz CT molecular complexity index is 830. The average molecular weight is 337 g/mol. The van der Waals surface area contributed by atoms with E-state index in [1.807, 2.05) is 35.1 Å². The predicted molar refractivity (Wildman–Crippen MR) is 97.1 cm³/mol. The maximum absolute atomic E-state index is 5.75. The summed E-state index contributed by atoms with van der Waals surface area (Å²) in [6.07, 6.45) is 7.06. The molecular weight excluding hydrogens is 314 g/mol. The lowest BCUT2D eigenvalue weighted by Gasteiger charge is -2.32. The van der Waals surface area contributed by atoms with Gasteiger partial charge in [0.25, 0.3) is 0 Å². The van der Waals surface area contributed by atoms with Crippen molar-refractivity contribution in [2.24, 2.45) is 5.73 Å². The number of nitrogens with two attached hydrogens (primary N) is 1. The molecule has 1 aromatic carbocycles. The number of ether oxygens (including phenoxy) is 1. The molecule has 2 N–H and O–H groups in total. The first-order valence-electron chi connectivity index (χ1n) is 8.75. The standard InChI is InChI=1S/C19H23N5O/c20-7-6-17-14-23(8-9-25-17)12-15-10-21-19-18(11-22-24(19)13-15)16-4-2-1-3-5-16/h1-5,10-11,13,17H,6-9,12,14,20H2/t17-/m1/s1. The SMILES string of the molecule is NCC[C@@H]1CN(Cc2cnc3c(-c4ccccc4)cnn3c2)CCO1. The summed E-state index contributed by atoms with van der Waals surface area (Å²) in [6, 6.07) is 10.2. The number of benzene rings is 1. The van der Waals surface area contributed by atoms with Crippen LogP contribution in [0.15, 0.2) is 48.9 Å². The van der Waals surface area contributed by atoms with Crippen LogP contribution in [0, 0.1) is 0 Å². The second kappa shape index (κ2) is 7.31. The van der Waals surface area contributed by atoms with E-state index < -0.39 is 0 Å². The van der Waals surface area contributed by atoms with Gasteiger partial charge in [0, 0.05) is 43.2 Å². The van der Waals surface area contributed by atoms with Crippen LogP contribution in [0.25, 0.3) is 16.8 Å². The largest absolute Gasteiger partial charge is 0.376 e. The molecule has 2 aromatic heterocycles. The first-order valence-corrected chi connectivity index (χ1v) is 8.75. The lowest BCUT2D eigenvalue weighted by molar-refractivity contribution is -0.0335. The van der Waals surface area contributed by atoms with Gasteiger partial charge in [-0.25, -0.2) is 9.50 Å². The quantitative estimate of drug-likeness (QED) is 0.771. The van der Waals surface area contributed by atoms with Crippen molar-refractivity contribution in [1.82, 2.24) is 19.5 Å². The second-order valence-electron chi connectivity index (χ2n) is 6.46. The number of hydrogen-bond acceptors (Lipinski definition) is 5. The highest BCUT2D eigenvalue weighted by molar-refractivity contribution is 5.76. The van der Waals surface area contributed by atoms with E-state index >= 15 is 0 Å². The van der Waals surface area contributed by atoms with Crippen LogP contribution in [0.1, 0.15) is 12.0 Å². The molecule has 6 heteroatoms. The molecule has 0 amide bonds. The summed E-state index contributed by atoms with van der Waals surface area (Å²) in [5, 5.41) is 4.49. The zero-order chi connectivity index (χ0) is 17.1. The van der Waals surface area contributed by atoms with Gasteiger partial charge in [-0.2, -0.15) is 5.10 Å². The van der Waals surface area contributed by atoms with Gasteiger partial charge in [-0.15, -0.1) is 0 Å². The van der Waals surface area contributed by atoms with Crippen LogP contribution >= 0.6 is 0 Å². The molecule has 3 heterocycles. The Morgan fingerprint density at radius 1 is 1.20 bits per heavy atom. The number of hydrogen-bond donors (Lipinski definition) is 1. The molecule has 0 saturated carbocycles. The third-order valence-electron chi connectivity index (χ3n) is 4.61. The van der Waals surface area contributed by atoms with Gasteiger partial charge >= 0.3 is 0 Å². The molecule has 0 bridgehead atoms. The lowest BCUT2D eigenvalue weighted by Crippen LogP contribution is -2.42. The number of fused-ring (bicyclic) bond motifs is 1. The van der Waals surface area contributed by atoms with E-state index in [-0.39, 0.29) is 6.10 Å². The van der Waals surface area contributed by atoms with Crippen molar-refractivity contribution in [3.63, 3.8) is 0 Å². The third kappa shape index (κ3) is 3.56. The molecule has 25 heavy (non-hydrogen) atoms. The van der Waals surface area contributed by atoms with Crippen LogP contribution in [-0.2, 0) is 11.3 Å². The molecule has 1 saturated heterocycles. The van der Waals surface area contributed by atoms with E-state index in [1.165, 1.54) is 0 Å². The van der Waals surface area contributed by atoms with Crippen LogP contribution in [0.5, 0.6) is 0 Å². The highest BCUT2D eigenvalue weighted by atomic mass is 16.5. The molecule has 1 atom stereocenters. The van der Waals surface area contributed by atoms with Crippen molar-refractivity contribution < 1.29 is 4.74 Å². The van der Waals surface area contributed by atoms with Crippen LogP contribution in [0.4, 0.5) is 0 Å². The van der Waals surface area contributed by atoms with Crippen LogP contribution in [0.2, 0.25) is 0 Å². The Kier molecular flexibility index (Phi) is 4.74. The molecule has 3 aromatic rings. The van der Waals surface area contributed by atoms with Gasteiger partial charge < -0.3 is 10.5 Å². The summed E-state index contributed by atoms with van der Waals surface area (Å²) in [7, 11) is 0. The van der Waals surface area contributed by atoms with Crippen LogP contribution < -0.4 is 5.73 Å².